The molecule has 2 rings (SSSR count). The Bertz CT molecular complexity index is 863. The van der Waals surface area contributed by atoms with Crippen LogP contribution in [-0.2, 0) is 22.6 Å². The van der Waals surface area contributed by atoms with E-state index in [9.17, 15) is 14.4 Å². The molecule has 30 heavy (non-hydrogen) atoms. The van der Waals surface area contributed by atoms with Crippen LogP contribution in [0, 0.1) is 0 Å². The molecule has 0 saturated carbocycles. The highest BCUT2D eigenvalue weighted by Crippen LogP contribution is 2.15. The Morgan fingerprint density at radius 2 is 1.53 bits per heavy atom. The van der Waals surface area contributed by atoms with Gasteiger partial charge in [-0.25, -0.2) is 0 Å². The molecule has 3 amide bonds. The molecule has 0 unspecified atom stereocenters. The molecule has 3 N–H and O–H groups in total. The summed E-state index contributed by atoms with van der Waals surface area (Å²) in [5.41, 5.74) is 2.82. The van der Waals surface area contributed by atoms with Crippen LogP contribution in [0.1, 0.15) is 34.8 Å². The number of anilines is 1. The quantitative estimate of drug-likeness (QED) is 0.437. The van der Waals surface area contributed by atoms with Gasteiger partial charge in [0.15, 0.2) is 0 Å². The molecule has 0 aliphatic rings. The minimum Gasteiger partial charge on any atom is -0.348 e. The van der Waals surface area contributed by atoms with E-state index in [0.717, 1.165) is 24.9 Å². The van der Waals surface area contributed by atoms with Gasteiger partial charge in [0.05, 0.1) is 11.3 Å². The minimum absolute atomic E-state index is 0.296. The Labute approximate surface area is 177 Å². The third kappa shape index (κ3) is 7.33. The molecule has 0 spiro atoms. The fraction of sp³-hybridized carbons (Fsp3) is 0.348. The van der Waals surface area contributed by atoms with Crippen LogP contribution in [0.15, 0.2) is 48.5 Å². The fourth-order valence-electron chi connectivity index (χ4n) is 2.82. The molecule has 0 fully saturated rings. The Kier molecular flexibility index (Phi) is 9.03. The molecule has 0 aliphatic carbocycles. The summed E-state index contributed by atoms with van der Waals surface area (Å²) >= 11 is 0. The molecular formula is C23H30N4O3. The molecule has 0 saturated heterocycles. The van der Waals surface area contributed by atoms with Crippen molar-refractivity contribution in [3.8, 4) is 0 Å². The zero-order chi connectivity index (χ0) is 21.9. The van der Waals surface area contributed by atoms with Gasteiger partial charge in [-0.1, -0.05) is 43.3 Å². The maximum absolute atomic E-state index is 12.6. The van der Waals surface area contributed by atoms with E-state index in [0.29, 0.717) is 24.3 Å². The molecule has 160 valence electrons. The largest absolute Gasteiger partial charge is 0.348 e. The third-order valence-corrected chi connectivity index (χ3v) is 4.58. The van der Waals surface area contributed by atoms with Gasteiger partial charge in [-0.15, -0.1) is 0 Å². The smallest absolute Gasteiger partial charge is 0.313 e. The van der Waals surface area contributed by atoms with E-state index >= 15 is 0 Å². The topological polar surface area (TPSA) is 90.5 Å². The van der Waals surface area contributed by atoms with E-state index in [-0.39, 0.29) is 5.91 Å². The molecule has 0 aromatic heterocycles. The second-order valence-corrected chi connectivity index (χ2v) is 7.27. The van der Waals surface area contributed by atoms with E-state index in [1.54, 1.807) is 24.3 Å². The molecule has 0 atom stereocenters. The average molecular weight is 411 g/mol. The lowest BCUT2D eigenvalue weighted by Crippen LogP contribution is -2.37. The SMILES string of the molecule is CCc1ccc(CNC(=O)c2ccccc2NC(=O)C(=O)NCCCN(C)C)cc1. The molecule has 7 nitrogen and oxygen atoms in total. The van der Waals surface area contributed by atoms with Crippen molar-refractivity contribution in [3.05, 3.63) is 65.2 Å². The Hall–Kier alpha value is -3.19. The summed E-state index contributed by atoms with van der Waals surface area (Å²) in [6, 6.07) is 14.6. The van der Waals surface area contributed by atoms with Crippen LogP contribution in [0.3, 0.4) is 0 Å². The van der Waals surface area contributed by atoms with Gasteiger partial charge < -0.3 is 20.9 Å². The van der Waals surface area contributed by atoms with Crippen LogP contribution in [0.25, 0.3) is 0 Å². The summed E-state index contributed by atoms with van der Waals surface area (Å²) in [6.45, 7) is 3.68. The van der Waals surface area contributed by atoms with E-state index in [2.05, 4.69) is 22.9 Å². The second kappa shape index (κ2) is 11.7. The molecule has 2 aromatic carbocycles. The highest BCUT2D eigenvalue weighted by atomic mass is 16.2. The lowest BCUT2D eigenvalue weighted by molar-refractivity contribution is -0.136. The standard InChI is InChI=1S/C23H30N4O3/c1-4-17-10-12-18(13-11-17)16-25-21(28)19-8-5-6-9-20(19)26-23(30)22(29)24-14-7-15-27(2)3/h5-6,8-13H,4,7,14-16H2,1-3H3,(H,24,29)(H,25,28)(H,26,30). The van der Waals surface area contributed by atoms with Crippen LogP contribution < -0.4 is 16.0 Å². The predicted octanol–water partition coefficient (Wildman–Crippen LogP) is 2.19. The number of nitrogens with one attached hydrogen (secondary N) is 3. The van der Waals surface area contributed by atoms with Crippen LogP contribution in [-0.4, -0.2) is 49.8 Å². The summed E-state index contributed by atoms with van der Waals surface area (Å²) in [6.07, 6.45) is 1.70. The van der Waals surface area contributed by atoms with Crippen molar-refractivity contribution in [3.63, 3.8) is 0 Å². The van der Waals surface area contributed by atoms with Gasteiger partial charge in [0.1, 0.15) is 0 Å². The average Bonchev–Trinajstić information content (AvgIpc) is 2.75. The predicted molar refractivity (Wildman–Crippen MR) is 118 cm³/mol. The molecule has 2 aromatic rings. The summed E-state index contributed by atoms with van der Waals surface area (Å²) in [5.74, 6) is -1.84. The normalized spacial score (nSPS) is 10.5. The number of aryl methyl sites for hydroxylation is 1. The number of amides is 3. The van der Waals surface area contributed by atoms with Gasteiger partial charge >= 0.3 is 11.8 Å². The van der Waals surface area contributed by atoms with Crippen molar-refractivity contribution < 1.29 is 14.4 Å². The Balaban J connectivity index is 1.92. The van der Waals surface area contributed by atoms with Gasteiger partial charge in [0, 0.05) is 13.1 Å². The number of nitrogens with zero attached hydrogens (tertiary/aromatic N) is 1. The van der Waals surface area contributed by atoms with Crippen molar-refractivity contribution in [2.45, 2.75) is 26.3 Å². The molecular weight excluding hydrogens is 380 g/mol. The number of para-hydroxylation sites is 1. The lowest BCUT2D eigenvalue weighted by Gasteiger charge is -2.12. The fourth-order valence-corrected chi connectivity index (χ4v) is 2.82. The van der Waals surface area contributed by atoms with Gasteiger partial charge in [0.25, 0.3) is 5.91 Å². The summed E-state index contributed by atoms with van der Waals surface area (Å²) < 4.78 is 0. The second-order valence-electron chi connectivity index (χ2n) is 7.27. The molecule has 0 heterocycles. The van der Waals surface area contributed by atoms with Crippen molar-refractivity contribution in [1.82, 2.24) is 15.5 Å². The van der Waals surface area contributed by atoms with Crippen LogP contribution in [0.4, 0.5) is 5.69 Å². The zero-order valence-corrected chi connectivity index (χ0v) is 17.8. The first-order valence-corrected chi connectivity index (χ1v) is 10.1. The molecule has 0 radical (unpaired) electrons. The zero-order valence-electron chi connectivity index (χ0n) is 17.8. The van der Waals surface area contributed by atoms with Gasteiger partial charge in [-0.05, 0) is 56.7 Å². The molecule has 7 heteroatoms. The first-order valence-electron chi connectivity index (χ1n) is 10.1. The molecule has 0 aliphatic heterocycles. The van der Waals surface area contributed by atoms with Crippen LogP contribution in [0.5, 0.6) is 0 Å². The van der Waals surface area contributed by atoms with Gasteiger partial charge in [-0.2, -0.15) is 0 Å². The van der Waals surface area contributed by atoms with E-state index < -0.39 is 11.8 Å². The van der Waals surface area contributed by atoms with Crippen molar-refractivity contribution in [2.24, 2.45) is 0 Å². The number of hydrogen-bond donors (Lipinski definition) is 3. The first kappa shape index (κ1) is 23.1. The monoisotopic (exact) mass is 410 g/mol. The number of rotatable bonds is 9. The first-order chi connectivity index (χ1) is 14.4. The summed E-state index contributed by atoms with van der Waals surface area (Å²) in [5, 5.41) is 7.97. The number of carbonyl (C=O) groups excluding carboxylic acids is 3. The highest BCUT2D eigenvalue weighted by molar-refractivity contribution is 6.40. The van der Waals surface area contributed by atoms with E-state index in [1.807, 2.05) is 43.3 Å². The maximum atomic E-state index is 12.6. The highest BCUT2D eigenvalue weighted by Gasteiger charge is 2.17. The van der Waals surface area contributed by atoms with Crippen molar-refractivity contribution in [2.75, 3.05) is 32.5 Å². The number of carbonyl (C=O) groups is 3. The van der Waals surface area contributed by atoms with Gasteiger partial charge in [0.2, 0.25) is 0 Å². The summed E-state index contributed by atoms with van der Waals surface area (Å²) in [7, 11) is 3.88. The Morgan fingerprint density at radius 1 is 0.867 bits per heavy atom. The third-order valence-electron chi connectivity index (χ3n) is 4.58. The van der Waals surface area contributed by atoms with E-state index in [4.69, 9.17) is 0 Å². The van der Waals surface area contributed by atoms with Crippen LogP contribution >= 0.6 is 0 Å². The maximum Gasteiger partial charge on any atom is 0.313 e. The van der Waals surface area contributed by atoms with Crippen molar-refractivity contribution >= 4 is 23.4 Å². The number of hydrogen-bond acceptors (Lipinski definition) is 4. The van der Waals surface area contributed by atoms with Crippen LogP contribution in [0.2, 0.25) is 0 Å². The summed E-state index contributed by atoms with van der Waals surface area (Å²) in [4.78, 5) is 38.8. The molecule has 0 bridgehead atoms. The van der Waals surface area contributed by atoms with Crippen molar-refractivity contribution in [1.29, 1.82) is 0 Å². The van der Waals surface area contributed by atoms with E-state index in [1.165, 1.54) is 5.56 Å². The van der Waals surface area contributed by atoms with Gasteiger partial charge in [-0.3, -0.25) is 14.4 Å². The lowest BCUT2D eigenvalue weighted by atomic mass is 10.1. The number of benzene rings is 2. The minimum atomic E-state index is -0.796. The Morgan fingerprint density at radius 3 is 2.20 bits per heavy atom.